The maximum Gasteiger partial charge on any atom is 0.00950 e. The van der Waals surface area contributed by atoms with E-state index in [-0.39, 0.29) is 0 Å². The lowest BCUT2D eigenvalue weighted by Gasteiger charge is -2.30. The quantitative estimate of drug-likeness (QED) is 0.750. The predicted molar refractivity (Wildman–Crippen MR) is 68.3 cm³/mol. The number of fused-ring (bicyclic) bond motifs is 2. The smallest absolute Gasteiger partial charge is 0.00950 e. The number of hydrogen-bond acceptors (Lipinski definition) is 1. The van der Waals surface area contributed by atoms with Crippen LogP contribution in [0.4, 0.5) is 0 Å². The van der Waals surface area contributed by atoms with Gasteiger partial charge in [0, 0.05) is 6.04 Å². The van der Waals surface area contributed by atoms with Crippen molar-refractivity contribution in [3.63, 3.8) is 0 Å². The molecule has 3 aliphatic rings. The summed E-state index contributed by atoms with van der Waals surface area (Å²) in [5.41, 5.74) is 0. The maximum absolute atomic E-state index is 3.61. The van der Waals surface area contributed by atoms with Crippen molar-refractivity contribution in [2.75, 3.05) is 7.05 Å². The fourth-order valence-electron chi connectivity index (χ4n) is 4.54. The lowest BCUT2D eigenvalue weighted by atomic mass is 9.80. The second-order valence-corrected chi connectivity index (χ2v) is 6.76. The van der Waals surface area contributed by atoms with Crippen molar-refractivity contribution in [1.82, 2.24) is 5.32 Å². The van der Waals surface area contributed by atoms with Crippen LogP contribution < -0.4 is 5.32 Å². The van der Waals surface area contributed by atoms with Crippen molar-refractivity contribution in [2.24, 2.45) is 29.6 Å². The molecule has 1 nitrogen and oxygen atoms in total. The van der Waals surface area contributed by atoms with Crippen LogP contribution in [0, 0.1) is 29.6 Å². The van der Waals surface area contributed by atoms with Crippen molar-refractivity contribution < 1.29 is 0 Å². The molecule has 3 aliphatic carbocycles. The molecule has 16 heavy (non-hydrogen) atoms. The highest BCUT2D eigenvalue weighted by Gasteiger charge is 2.41. The van der Waals surface area contributed by atoms with Gasteiger partial charge in [0.15, 0.2) is 0 Å². The van der Waals surface area contributed by atoms with Gasteiger partial charge in [-0.25, -0.2) is 0 Å². The molecule has 5 atom stereocenters. The topological polar surface area (TPSA) is 12.0 Å². The zero-order chi connectivity index (χ0) is 11.1. The van der Waals surface area contributed by atoms with Gasteiger partial charge in [-0.1, -0.05) is 13.3 Å². The van der Waals surface area contributed by atoms with E-state index >= 15 is 0 Å². The lowest BCUT2D eigenvalue weighted by Crippen LogP contribution is -2.36. The standard InChI is InChI=1S/C15H27N/c1-10(12-5-6-12)15(16-2)9-14-8-11-3-4-13(14)7-11/h10-16H,3-9H2,1-2H3. The number of rotatable bonds is 5. The van der Waals surface area contributed by atoms with Gasteiger partial charge in [0.05, 0.1) is 0 Å². The molecule has 3 rings (SSSR count). The first-order valence-electron chi connectivity index (χ1n) is 7.45. The van der Waals surface area contributed by atoms with Crippen LogP contribution in [0.2, 0.25) is 0 Å². The maximum atomic E-state index is 3.61. The van der Waals surface area contributed by atoms with Crippen LogP contribution in [0.5, 0.6) is 0 Å². The monoisotopic (exact) mass is 221 g/mol. The zero-order valence-electron chi connectivity index (χ0n) is 10.9. The van der Waals surface area contributed by atoms with E-state index in [9.17, 15) is 0 Å². The molecule has 2 bridgehead atoms. The zero-order valence-corrected chi connectivity index (χ0v) is 10.9. The molecule has 0 spiro atoms. The van der Waals surface area contributed by atoms with Gasteiger partial charge in [0.2, 0.25) is 0 Å². The summed E-state index contributed by atoms with van der Waals surface area (Å²) in [6.07, 6.45) is 10.7. The van der Waals surface area contributed by atoms with Crippen LogP contribution in [0.1, 0.15) is 51.9 Å². The Bertz CT molecular complexity index is 246. The lowest BCUT2D eigenvalue weighted by molar-refractivity contribution is 0.238. The van der Waals surface area contributed by atoms with E-state index in [4.69, 9.17) is 0 Å². The third-order valence-electron chi connectivity index (χ3n) is 5.81. The van der Waals surface area contributed by atoms with Gasteiger partial charge in [0.1, 0.15) is 0 Å². The van der Waals surface area contributed by atoms with Gasteiger partial charge in [-0.2, -0.15) is 0 Å². The second-order valence-electron chi connectivity index (χ2n) is 6.76. The Balaban J connectivity index is 1.55. The molecular weight excluding hydrogens is 194 g/mol. The largest absolute Gasteiger partial charge is 0.317 e. The summed E-state index contributed by atoms with van der Waals surface area (Å²) in [4.78, 5) is 0. The van der Waals surface area contributed by atoms with Gasteiger partial charge < -0.3 is 5.32 Å². The Morgan fingerprint density at radius 2 is 1.94 bits per heavy atom. The van der Waals surface area contributed by atoms with Crippen LogP contribution in [-0.2, 0) is 0 Å². The van der Waals surface area contributed by atoms with E-state index in [0.717, 1.165) is 35.6 Å². The van der Waals surface area contributed by atoms with Gasteiger partial charge in [-0.15, -0.1) is 0 Å². The van der Waals surface area contributed by atoms with Crippen LogP contribution in [0.15, 0.2) is 0 Å². The molecular formula is C15H27N. The molecule has 5 unspecified atom stereocenters. The molecule has 3 fully saturated rings. The van der Waals surface area contributed by atoms with Crippen molar-refractivity contribution >= 4 is 0 Å². The normalized spacial score (nSPS) is 41.2. The molecule has 3 saturated carbocycles. The first-order chi connectivity index (χ1) is 7.78. The van der Waals surface area contributed by atoms with Gasteiger partial charge in [0.25, 0.3) is 0 Å². The average molecular weight is 221 g/mol. The van der Waals surface area contributed by atoms with Crippen molar-refractivity contribution in [2.45, 2.75) is 57.9 Å². The predicted octanol–water partition coefficient (Wildman–Crippen LogP) is 3.45. The number of hydrogen-bond donors (Lipinski definition) is 1. The van der Waals surface area contributed by atoms with Crippen LogP contribution in [0.3, 0.4) is 0 Å². The second kappa shape index (κ2) is 4.33. The molecule has 0 aromatic rings. The van der Waals surface area contributed by atoms with Gasteiger partial charge in [-0.3, -0.25) is 0 Å². The fourth-order valence-corrected chi connectivity index (χ4v) is 4.54. The van der Waals surface area contributed by atoms with E-state index < -0.39 is 0 Å². The Hall–Kier alpha value is -0.0400. The molecule has 0 aromatic heterocycles. The highest BCUT2D eigenvalue weighted by Crippen LogP contribution is 2.51. The van der Waals surface area contributed by atoms with Crippen LogP contribution in [0.25, 0.3) is 0 Å². The summed E-state index contributed by atoms with van der Waals surface area (Å²) in [6.45, 7) is 2.48. The fraction of sp³-hybridized carbons (Fsp3) is 1.00. The van der Waals surface area contributed by atoms with Crippen molar-refractivity contribution in [1.29, 1.82) is 0 Å². The summed E-state index contributed by atoms with van der Waals surface area (Å²) < 4.78 is 0. The SMILES string of the molecule is CNC(CC1CC2CCC1C2)C(C)C1CC1. The third kappa shape index (κ3) is 2.03. The Labute approximate surface area is 100 Å². The first kappa shape index (κ1) is 11.1. The van der Waals surface area contributed by atoms with Crippen LogP contribution in [-0.4, -0.2) is 13.1 Å². The highest BCUT2D eigenvalue weighted by atomic mass is 14.9. The summed E-state index contributed by atoms with van der Waals surface area (Å²) in [6, 6.07) is 0.803. The van der Waals surface area contributed by atoms with E-state index in [0.29, 0.717) is 0 Å². The van der Waals surface area contributed by atoms with Crippen molar-refractivity contribution in [3.8, 4) is 0 Å². The highest BCUT2D eigenvalue weighted by molar-refractivity contribution is 4.94. The van der Waals surface area contributed by atoms with Gasteiger partial charge >= 0.3 is 0 Å². The summed E-state index contributed by atoms with van der Waals surface area (Å²) in [5, 5.41) is 3.61. The first-order valence-corrected chi connectivity index (χ1v) is 7.45. The molecule has 0 amide bonds. The molecule has 1 N–H and O–H groups in total. The summed E-state index contributed by atoms with van der Waals surface area (Å²) in [5.74, 6) is 5.26. The summed E-state index contributed by atoms with van der Waals surface area (Å²) >= 11 is 0. The van der Waals surface area contributed by atoms with Crippen molar-refractivity contribution in [3.05, 3.63) is 0 Å². The minimum absolute atomic E-state index is 0.803. The molecule has 0 saturated heterocycles. The molecule has 1 heteroatoms. The molecule has 0 aliphatic heterocycles. The Kier molecular flexibility index (Phi) is 2.99. The van der Waals surface area contributed by atoms with E-state index in [1.165, 1.54) is 19.3 Å². The van der Waals surface area contributed by atoms with E-state index in [2.05, 4.69) is 19.3 Å². The minimum Gasteiger partial charge on any atom is -0.317 e. The average Bonchev–Trinajstić information content (AvgIpc) is 2.95. The number of nitrogens with one attached hydrogen (secondary N) is 1. The van der Waals surface area contributed by atoms with E-state index in [1.807, 2.05) is 0 Å². The van der Waals surface area contributed by atoms with Gasteiger partial charge in [-0.05, 0) is 75.2 Å². The molecule has 0 radical (unpaired) electrons. The Morgan fingerprint density at radius 1 is 1.12 bits per heavy atom. The van der Waals surface area contributed by atoms with Crippen LogP contribution >= 0.6 is 0 Å². The molecule has 0 aromatic carbocycles. The minimum atomic E-state index is 0.803. The molecule has 92 valence electrons. The Morgan fingerprint density at radius 3 is 2.44 bits per heavy atom. The van der Waals surface area contributed by atoms with E-state index in [1.54, 1.807) is 25.7 Å². The summed E-state index contributed by atoms with van der Waals surface area (Å²) in [7, 11) is 2.18. The molecule has 0 heterocycles. The third-order valence-corrected chi connectivity index (χ3v) is 5.81.